The van der Waals surface area contributed by atoms with E-state index in [-0.39, 0.29) is 18.7 Å². The van der Waals surface area contributed by atoms with Crippen molar-refractivity contribution < 1.29 is 14.7 Å². The SMILES string of the molecule is Cc1nc(NC(=O)CCC(=O)[O-])sc1C. The molecule has 0 unspecified atom stereocenters. The first kappa shape index (κ1) is 11.6. The highest BCUT2D eigenvalue weighted by molar-refractivity contribution is 7.15. The topological polar surface area (TPSA) is 82.1 Å². The molecule has 0 aliphatic rings. The lowest BCUT2D eigenvalue weighted by Gasteiger charge is -2.01. The number of carbonyl (C=O) groups is 2. The van der Waals surface area contributed by atoms with Crippen molar-refractivity contribution in [2.45, 2.75) is 26.7 Å². The van der Waals surface area contributed by atoms with Gasteiger partial charge in [-0.15, -0.1) is 11.3 Å². The Morgan fingerprint density at radius 3 is 2.53 bits per heavy atom. The van der Waals surface area contributed by atoms with E-state index in [1.807, 2.05) is 13.8 Å². The maximum Gasteiger partial charge on any atom is 0.226 e. The van der Waals surface area contributed by atoms with Crippen LogP contribution < -0.4 is 10.4 Å². The number of carboxylic acid groups (broad SMARTS) is 1. The van der Waals surface area contributed by atoms with Crippen molar-refractivity contribution in [2.75, 3.05) is 5.32 Å². The summed E-state index contributed by atoms with van der Waals surface area (Å²) in [5.41, 5.74) is 0.871. The zero-order chi connectivity index (χ0) is 11.4. The fourth-order valence-corrected chi connectivity index (χ4v) is 1.75. The van der Waals surface area contributed by atoms with Crippen molar-refractivity contribution in [2.24, 2.45) is 0 Å². The minimum absolute atomic E-state index is 0.0833. The molecule has 0 saturated carbocycles. The summed E-state index contributed by atoms with van der Waals surface area (Å²) in [5, 5.41) is 13.2. The quantitative estimate of drug-likeness (QED) is 0.798. The second kappa shape index (κ2) is 4.88. The highest BCUT2D eigenvalue weighted by atomic mass is 32.1. The van der Waals surface area contributed by atoms with Gasteiger partial charge >= 0.3 is 0 Å². The Balaban J connectivity index is 2.48. The van der Waals surface area contributed by atoms with Gasteiger partial charge < -0.3 is 15.2 Å². The van der Waals surface area contributed by atoms with Gasteiger partial charge in [0.2, 0.25) is 5.91 Å². The largest absolute Gasteiger partial charge is 0.550 e. The molecule has 82 valence electrons. The van der Waals surface area contributed by atoms with Gasteiger partial charge in [0.05, 0.1) is 5.69 Å². The Hall–Kier alpha value is -1.43. The summed E-state index contributed by atoms with van der Waals surface area (Å²) in [7, 11) is 0. The van der Waals surface area contributed by atoms with Crippen molar-refractivity contribution in [1.82, 2.24) is 4.98 Å². The molecule has 0 spiro atoms. The van der Waals surface area contributed by atoms with E-state index in [0.29, 0.717) is 5.13 Å². The number of carboxylic acids is 1. The van der Waals surface area contributed by atoms with Crippen LogP contribution in [0.4, 0.5) is 5.13 Å². The third-order valence-electron chi connectivity index (χ3n) is 1.83. The van der Waals surface area contributed by atoms with E-state index in [1.54, 1.807) is 0 Å². The summed E-state index contributed by atoms with van der Waals surface area (Å²) in [6, 6.07) is 0. The van der Waals surface area contributed by atoms with E-state index < -0.39 is 5.97 Å². The Kier molecular flexibility index (Phi) is 3.79. The number of carbonyl (C=O) groups excluding carboxylic acids is 2. The highest BCUT2D eigenvalue weighted by Gasteiger charge is 2.07. The van der Waals surface area contributed by atoms with E-state index >= 15 is 0 Å². The molecule has 0 aliphatic heterocycles. The van der Waals surface area contributed by atoms with E-state index in [9.17, 15) is 14.7 Å². The van der Waals surface area contributed by atoms with Gasteiger partial charge in [0.1, 0.15) is 0 Å². The summed E-state index contributed by atoms with van der Waals surface area (Å²) in [4.78, 5) is 26.4. The number of anilines is 1. The molecule has 1 heterocycles. The van der Waals surface area contributed by atoms with E-state index in [0.717, 1.165) is 10.6 Å². The summed E-state index contributed by atoms with van der Waals surface area (Å²) in [6.45, 7) is 3.76. The van der Waals surface area contributed by atoms with Crippen LogP contribution >= 0.6 is 11.3 Å². The second-order valence-electron chi connectivity index (χ2n) is 3.08. The summed E-state index contributed by atoms with van der Waals surface area (Å²) in [5.74, 6) is -1.58. The summed E-state index contributed by atoms with van der Waals surface area (Å²) in [6.07, 6.45) is -0.352. The predicted octanol–water partition coefficient (Wildman–Crippen LogP) is 0.229. The smallest absolute Gasteiger partial charge is 0.226 e. The molecule has 1 aromatic rings. The third kappa shape index (κ3) is 3.67. The van der Waals surface area contributed by atoms with Crippen molar-refractivity contribution in [1.29, 1.82) is 0 Å². The third-order valence-corrected chi connectivity index (χ3v) is 2.82. The standard InChI is InChI=1S/C9H12N2O3S/c1-5-6(2)15-9(10-5)11-7(12)3-4-8(13)14/h3-4H2,1-2H3,(H,13,14)(H,10,11,12)/p-1. The van der Waals surface area contributed by atoms with Gasteiger partial charge in [0.25, 0.3) is 0 Å². The fourth-order valence-electron chi connectivity index (χ4n) is 0.924. The van der Waals surface area contributed by atoms with Crippen LogP contribution in [0.15, 0.2) is 0 Å². The van der Waals surface area contributed by atoms with Crippen molar-refractivity contribution in [3.8, 4) is 0 Å². The van der Waals surface area contributed by atoms with Crippen molar-refractivity contribution in [3.63, 3.8) is 0 Å². The molecule has 0 atom stereocenters. The molecule has 0 saturated heterocycles. The molecular weight excluding hydrogens is 216 g/mol. The lowest BCUT2D eigenvalue weighted by molar-refractivity contribution is -0.305. The molecule has 1 aromatic heterocycles. The minimum Gasteiger partial charge on any atom is -0.550 e. The van der Waals surface area contributed by atoms with Crippen LogP contribution in [0.2, 0.25) is 0 Å². The highest BCUT2D eigenvalue weighted by Crippen LogP contribution is 2.21. The average molecular weight is 227 g/mol. The Bertz CT molecular complexity index is 367. The molecule has 1 amide bonds. The molecule has 0 radical (unpaired) electrons. The first-order valence-corrected chi connectivity index (χ1v) is 5.24. The number of aliphatic carboxylic acids is 1. The number of aryl methyl sites for hydroxylation is 2. The average Bonchev–Trinajstić information content (AvgIpc) is 2.42. The fraction of sp³-hybridized carbons (Fsp3) is 0.444. The molecule has 6 heteroatoms. The first-order chi connectivity index (χ1) is 6.99. The summed E-state index contributed by atoms with van der Waals surface area (Å²) < 4.78 is 0. The molecule has 5 nitrogen and oxygen atoms in total. The van der Waals surface area contributed by atoms with Crippen molar-refractivity contribution in [3.05, 3.63) is 10.6 Å². The van der Waals surface area contributed by atoms with Crippen LogP contribution in [-0.4, -0.2) is 16.9 Å². The lowest BCUT2D eigenvalue weighted by Crippen LogP contribution is -2.24. The van der Waals surface area contributed by atoms with Gasteiger partial charge in [-0.25, -0.2) is 4.98 Å². The van der Waals surface area contributed by atoms with Gasteiger partial charge in [-0.3, -0.25) is 4.79 Å². The molecular formula is C9H11N2O3S-. The maximum absolute atomic E-state index is 11.2. The molecule has 0 fully saturated rings. The van der Waals surface area contributed by atoms with E-state index in [2.05, 4.69) is 10.3 Å². The molecule has 0 aliphatic carbocycles. The molecule has 1 N–H and O–H groups in total. The zero-order valence-electron chi connectivity index (χ0n) is 8.49. The summed E-state index contributed by atoms with van der Waals surface area (Å²) >= 11 is 1.37. The number of amides is 1. The lowest BCUT2D eigenvalue weighted by atomic mass is 10.3. The Labute approximate surface area is 91.1 Å². The monoisotopic (exact) mass is 227 g/mol. The number of thiazole rings is 1. The van der Waals surface area contributed by atoms with Gasteiger partial charge in [0.15, 0.2) is 5.13 Å². The normalized spacial score (nSPS) is 10.0. The van der Waals surface area contributed by atoms with E-state index in [1.165, 1.54) is 11.3 Å². The molecule has 15 heavy (non-hydrogen) atoms. The van der Waals surface area contributed by atoms with E-state index in [4.69, 9.17) is 0 Å². The number of hydrogen-bond acceptors (Lipinski definition) is 5. The molecule has 0 aromatic carbocycles. The number of hydrogen-bond donors (Lipinski definition) is 1. The van der Waals surface area contributed by atoms with Gasteiger partial charge in [-0.05, 0) is 20.3 Å². The number of nitrogens with zero attached hydrogens (tertiary/aromatic N) is 1. The second-order valence-corrected chi connectivity index (χ2v) is 4.28. The Morgan fingerprint density at radius 1 is 1.40 bits per heavy atom. The van der Waals surface area contributed by atoms with Crippen LogP contribution in [0.25, 0.3) is 0 Å². The van der Waals surface area contributed by atoms with Crippen LogP contribution in [0, 0.1) is 13.8 Å². The van der Waals surface area contributed by atoms with Gasteiger partial charge in [0, 0.05) is 17.3 Å². The Morgan fingerprint density at radius 2 is 2.07 bits per heavy atom. The van der Waals surface area contributed by atoms with Gasteiger partial charge in [-0.1, -0.05) is 0 Å². The van der Waals surface area contributed by atoms with Crippen LogP contribution in [0.1, 0.15) is 23.4 Å². The van der Waals surface area contributed by atoms with Crippen LogP contribution in [0.3, 0.4) is 0 Å². The molecule has 1 rings (SSSR count). The zero-order valence-corrected chi connectivity index (χ0v) is 9.31. The number of nitrogens with one attached hydrogen (secondary N) is 1. The van der Waals surface area contributed by atoms with Gasteiger partial charge in [-0.2, -0.15) is 0 Å². The number of rotatable bonds is 4. The first-order valence-electron chi connectivity index (χ1n) is 4.42. The number of aromatic nitrogens is 1. The van der Waals surface area contributed by atoms with Crippen LogP contribution in [-0.2, 0) is 9.59 Å². The predicted molar refractivity (Wildman–Crippen MR) is 54.5 cm³/mol. The van der Waals surface area contributed by atoms with Crippen molar-refractivity contribution >= 4 is 28.3 Å². The maximum atomic E-state index is 11.2. The molecule has 0 bridgehead atoms. The minimum atomic E-state index is -1.23. The van der Waals surface area contributed by atoms with Crippen LogP contribution in [0.5, 0.6) is 0 Å².